The van der Waals surface area contributed by atoms with Crippen LogP contribution in [0.1, 0.15) is 30.7 Å². The van der Waals surface area contributed by atoms with Crippen LogP contribution in [-0.4, -0.2) is 29.0 Å². The van der Waals surface area contributed by atoms with Crippen molar-refractivity contribution in [3.05, 3.63) is 41.0 Å². The standard InChI is InChI=1S/C16H20N4OS/c1-12(14-5-3-9-22-14)19-16(21)13-4-2-8-20(11-13)15-10-17-6-7-18-15/h3,5-7,9-10,12-13H,2,4,8,11H2,1H3,(H,19,21)/t12-,13+/m1/s1. The Kier molecular flexibility index (Phi) is 4.68. The molecule has 1 amide bonds. The summed E-state index contributed by atoms with van der Waals surface area (Å²) in [5.41, 5.74) is 0. The summed E-state index contributed by atoms with van der Waals surface area (Å²) in [6.45, 7) is 3.68. The Bertz CT molecular complexity index is 602. The fourth-order valence-corrected chi connectivity index (χ4v) is 3.53. The molecule has 0 saturated carbocycles. The number of carbonyl (C=O) groups excluding carboxylic acids is 1. The molecule has 0 bridgehead atoms. The van der Waals surface area contributed by atoms with Crippen LogP contribution in [0.5, 0.6) is 0 Å². The minimum Gasteiger partial charge on any atom is -0.355 e. The van der Waals surface area contributed by atoms with Gasteiger partial charge in [-0.2, -0.15) is 0 Å². The van der Waals surface area contributed by atoms with E-state index in [1.54, 1.807) is 29.9 Å². The lowest BCUT2D eigenvalue weighted by molar-refractivity contribution is -0.125. The second-order valence-electron chi connectivity index (χ2n) is 5.59. The Labute approximate surface area is 134 Å². The highest BCUT2D eigenvalue weighted by Crippen LogP contribution is 2.23. The number of nitrogens with one attached hydrogen (secondary N) is 1. The second kappa shape index (κ2) is 6.87. The molecule has 2 atom stereocenters. The van der Waals surface area contributed by atoms with Crippen LogP contribution in [0.15, 0.2) is 36.1 Å². The topological polar surface area (TPSA) is 58.1 Å². The minimum atomic E-state index is 0.0122. The van der Waals surface area contributed by atoms with Crippen LogP contribution in [0.4, 0.5) is 5.82 Å². The van der Waals surface area contributed by atoms with Gasteiger partial charge in [0.2, 0.25) is 5.91 Å². The molecule has 2 aromatic heterocycles. The summed E-state index contributed by atoms with van der Waals surface area (Å²) in [7, 11) is 0. The number of thiophene rings is 1. The molecule has 116 valence electrons. The Morgan fingerprint density at radius 3 is 3.14 bits per heavy atom. The third-order valence-electron chi connectivity index (χ3n) is 3.99. The van der Waals surface area contributed by atoms with Crippen LogP contribution < -0.4 is 10.2 Å². The van der Waals surface area contributed by atoms with E-state index in [1.165, 1.54) is 4.88 Å². The molecule has 0 aromatic carbocycles. The van der Waals surface area contributed by atoms with Crippen molar-refractivity contribution in [3.8, 4) is 0 Å². The third kappa shape index (κ3) is 3.44. The van der Waals surface area contributed by atoms with Gasteiger partial charge in [-0.05, 0) is 31.2 Å². The molecule has 0 spiro atoms. The van der Waals surface area contributed by atoms with E-state index in [-0.39, 0.29) is 17.9 Å². The number of rotatable bonds is 4. The zero-order chi connectivity index (χ0) is 15.4. The molecule has 1 saturated heterocycles. The molecular formula is C16H20N4OS. The molecule has 3 heterocycles. The quantitative estimate of drug-likeness (QED) is 0.942. The number of aromatic nitrogens is 2. The van der Waals surface area contributed by atoms with Crippen LogP contribution in [-0.2, 0) is 4.79 Å². The van der Waals surface area contributed by atoms with Gasteiger partial charge in [-0.25, -0.2) is 4.98 Å². The Hall–Kier alpha value is -1.95. The number of amides is 1. The number of hydrogen-bond donors (Lipinski definition) is 1. The lowest BCUT2D eigenvalue weighted by Crippen LogP contribution is -2.43. The van der Waals surface area contributed by atoms with Gasteiger partial charge in [-0.15, -0.1) is 11.3 Å². The van der Waals surface area contributed by atoms with E-state index in [0.717, 1.165) is 25.2 Å². The number of nitrogens with zero attached hydrogens (tertiary/aromatic N) is 3. The molecule has 0 radical (unpaired) electrons. The lowest BCUT2D eigenvalue weighted by Gasteiger charge is -2.33. The summed E-state index contributed by atoms with van der Waals surface area (Å²) in [5, 5.41) is 5.17. The highest BCUT2D eigenvalue weighted by Gasteiger charge is 2.27. The number of hydrogen-bond acceptors (Lipinski definition) is 5. The minimum absolute atomic E-state index is 0.0122. The molecule has 3 rings (SSSR count). The number of carbonyl (C=O) groups is 1. The first-order chi connectivity index (χ1) is 10.7. The summed E-state index contributed by atoms with van der Waals surface area (Å²) in [5.74, 6) is 0.999. The van der Waals surface area contributed by atoms with Gasteiger partial charge >= 0.3 is 0 Å². The average Bonchev–Trinajstić information content (AvgIpc) is 3.10. The van der Waals surface area contributed by atoms with E-state index in [4.69, 9.17) is 0 Å². The fourth-order valence-electron chi connectivity index (χ4n) is 2.79. The number of piperidine rings is 1. The summed E-state index contributed by atoms with van der Waals surface area (Å²) in [6, 6.07) is 4.14. The highest BCUT2D eigenvalue weighted by molar-refractivity contribution is 7.10. The lowest BCUT2D eigenvalue weighted by atomic mass is 9.97. The van der Waals surface area contributed by atoms with Crippen molar-refractivity contribution in [1.29, 1.82) is 0 Å². The molecular weight excluding hydrogens is 296 g/mol. The van der Waals surface area contributed by atoms with Crippen molar-refractivity contribution in [2.75, 3.05) is 18.0 Å². The van der Waals surface area contributed by atoms with E-state index in [0.29, 0.717) is 6.54 Å². The van der Waals surface area contributed by atoms with Crippen LogP contribution in [0.25, 0.3) is 0 Å². The molecule has 0 unspecified atom stereocenters. The third-order valence-corrected chi connectivity index (χ3v) is 5.05. The normalized spacial score (nSPS) is 19.7. The molecule has 22 heavy (non-hydrogen) atoms. The SMILES string of the molecule is C[C@@H](NC(=O)[C@H]1CCCN(c2cnccn2)C1)c1cccs1. The molecule has 6 heteroatoms. The van der Waals surface area contributed by atoms with E-state index in [1.807, 2.05) is 18.4 Å². The first kappa shape index (κ1) is 15.0. The van der Waals surface area contributed by atoms with Crippen molar-refractivity contribution >= 4 is 23.1 Å². The van der Waals surface area contributed by atoms with Gasteiger partial charge in [0, 0.05) is 30.4 Å². The van der Waals surface area contributed by atoms with Gasteiger partial charge in [0.05, 0.1) is 18.2 Å². The molecule has 5 nitrogen and oxygen atoms in total. The van der Waals surface area contributed by atoms with Crippen molar-refractivity contribution < 1.29 is 4.79 Å². The van der Waals surface area contributed by atoms with Gasteiger partial charge in [0.25, 0.3) is 0 Å². The predicted molar refractivity (Wildman–Crippen MR) is 87.8 cm³/mol. The van der Waals surface area contributed by atoms with Gasteiger partial charge < -0.3 is 10.2 Å². The van der Waals surface area contributed by atoms with Gasteiger partial charge in [0.1, 0.15) is 5.82 Å². The molecule has 2 aromatic rings. The largest absolute Gasteiger partial charge is 0.355 e. The molecule has 1 fully saturated rings. The highest BCUT2D eigenvalue weighted by atomic mass is 32.1. The zero-order valence-corrected chi connectivity index (χ0v) is 13.4. The maximum absolute atomic E-state index is 12.5. The van der Waals surface area contributed by atoms with Crippen LogP contribution in [0.3, 0.4) is 0 Å². The summed E-state index contributed by atoms with van der Waals surface area (Å²) >= 11 is 1.67. The van der Waals surface area contributed by atoms with E-state index in [2.05, 4.69) is 26.3 Å². The van der Waals surface area contributed by atoms with E-state index < -0.39 is 0 Å². The number of anilines is 1. The summed E-state index contributed by atoms with van der Waals surface area (Å²) in [4.78, 5) is 24.3. The van der Waals surface area contributed by atoms with Gasteiger partial charge in [-0.3, -0.25) is 9.78 Å². The van der Waals surface area contributed by atoms with E-state index >= 15 is 0 Å². The van der Waals surface area contributed by atoms with Crippen molar-refractivity contribution in [3.63, 3.8) is 0 Å². The Morgan fingerprint density at radius 2 is 2.41 bits per heavy atom. The summed E-state index contributed by atoms with van der Waals surface area (Å²) in [6.07, 6.45) is 7.05. The molecule has 1 N–H and O–H groups in total. The molecule has 1 aliphatic heterocycles. The maximum atomic E-state index is 12.5. The zero-order valence-electron chi connectivity index (χ0n) is 12.6. The maximum Gasteiger partial charge on any atom is 0.225 e. The van der Waals surface area contributed by atoms with Crippen LogP contribution in [0.2, 0.25) is 0 Å². The molecule has 0 aliphatic carbocycles. The first-order valence-electron chi connectivity index (χ1n) is 7.59. The Balaban J connectivity index is 1.61. The van der Waals surface area contributed by atoms with Crippen molar-refractivity contribution in [1.82, 2.24) is 15.3 Å². The van der Waals surface area contributed by atoms with Gasteiger partial charge in [-0.1, -0.05) is 6.07 Å². The van der Waals surface area contributed by atoms with Crippen LogP contribution in [0, 0.1) is 5.92 Å². The fraction of sp³-hybridized carbons (Fsp3) is 0.438. The smallest absolute Gasteiger partial charge is 0.225 e. The first-order valence-corrected chi connectivity index (χ1v) is 8.47. The predicted octanol–water partition coefficient (Wildman–Crippen LogP) is 2.63. The Morgan fingerprint density at radius 1 is 1.50 bits per heavy atom. The second-order valence-corrected chi connectivity index (χ2v) is 6.57. The van der Waals surface area contributed by atoms with E-state index in [9.17, 15) is 4.79 Å². The molecule has 1 aliphatic rings. The van der Waals surface area contributed by atoms with Crippen molar-refractivity contribution in [2.45, 2.75) is 25.8 Å². The summed E-state index contributed by atoms with van der Waals surface area (Å²) < 4.78 is 0. The monoisotopic (exact) mass is 316 g/mol. The van der Waals surface area contributed by atoms with Gasteiger partial charge in [0.15, 0.2) is 0 Å². The average molecular weight is 316 g/mol. The van der Waals surface area contributed by atoms with Crippen LogP contribution >= 0.6 is 11.3 Å². The van der Waals surface area contributed by atoms with Crippen molar-refractivity contribution in [2.24, 2.45) is 5.92 Å².